The van der Waals surface area contributed by atoms with Gasteiger partial charge in [-0.05, 0) is 31.2 Å². The molecule has 2 aromatic rings. The van der Waals surface area contributed by atoms with E-state index >= 15 is 0 Å². The summed E-state index contributed by atoms with van der Waals surface area (Å²) in [5.41, 5.74) is 0.807. The number of benzene rings is 1. The lowest BCUT2D eigenvalue weighted by Gasteiger charge is -2.28. The van der Waals surface area contributed by atoms with Crippen LogP contribution >= 0.6 is 11.6 Å². The molecule has 3 N–H and O–H groups in total. The Kier molecular flexibility index (Phi) is 3.71. The molecule has 1 aromatic carbocycles. The monoisotopic (exact) mass is 266 g/mol. The Hall–Kier alpha value is -1.36. The lowest BCUT2D eigenvalue weighted by molar-refractivity contribution is 0.147. The van der Waals surface area contributed by atoms with Gasteiger partial charge in [0, 0.05) is 22.3 Å². The number of nitrogens with zero attached hydrogens (tertiary/aromatic N) is 1. The van der Waals surface area contributed by atoms with Crippen LogP contribution in [0.3, 0.4) is 0 Å². The van der Waals surface area contributed by atoms with Gasteiger partial charge in [0.1, 0.15) is 0 Å². The van der Waals surface area contributed by atoms with Crippen molar-refractivity contribution >= 4 is 28.2 Å². The highest BCUT2D eigenvalue weighted by Crippen LogP contribution is 2.26. The average Bonchev–Trinajstić information content (AvgIpc) is 2.38. The van der Waals surface area contributed by atoms with Gasteiger partial charge in [-0.25, -0.2) is 0 Å². The molecule has 0 radical (unpaired) electrons. The lowest BCUT2D eigenvalue weighted by Crippen LogP contribution is -2.42. The van der Waals surface area contributed by atoms with Crippen LogP contribution in [0, 0.1) is 0 Å². The summed E-state index contributed by atoms with van der Waals surface area (Å²) in [4.78, 5) is 4.23. The van der Waals surface area contributed by atoms with Crippen LogP contribution in [0.15, 0.2) is 30.5 Å². The molecule has 18 heavy (non-hydrogen) atoms. The van der Waals surface area contributed by atoms with Crippen molar-refractivity contribution in [1.29, 1.82) is 0 Å². The lowest BCUT2D eigenvalue weighted by atomic mass is 10.0. The highest BCUT2D eigenvalue weighted by atomic mass is 35.5. The van der Waals surface area contributed by atoms with Crippen LogP contribution in [0.2, 0.25) is 5.02 Å². The van der Waals surface area contributed by atoms with E-state index in [1.54, 1.807) is 31.3 Å². The SMILES string of the molecule is CC(CO)(CO)Nc1ccnc2cc(Cl)ccc12. The first-order valence-electron chi connectivity index (χ1n) is 5.62. The van der Waals surface area contributed by atoms with Crippen molar-refractivity contribution in [1.82, 2.24) is 4.98 Å². The fourth-order valence-electron chi connectivity index (χ4n) is 1.68. The van der Waals surface area contributed by atoms with E-state index in [4.69, 9.17) is 11.6 Å². The number of nitrogens with one attached hydrogen (secondary N) is 1. The topological polar surface area (TPSA) is 65.4 Å². The molecule has 0 aliphatic heterocycles. The third kappa shape index (κ3) is 2.56. The van der Waals surface area contributed by atoms with Gasteiger partial charge in [0.2, 0.25) is 0 Å². The average molecular weight is 267 g/mol. The van der Waals surface area contributed by atoms with Gasteiger partial charge in [-0.2, -0.15) is 0 Å². The van der Waals surface area contributed by atoms with Crippen LogP contribution in [0.4, 0.5) is 5.69 Å². The van der Waals surface area contributed by atoms with Crippen molar-refractivity contribution < 1.29 is 10.2 Å². The summed E-state index contributed by atoms with van der Waals surface area (Å²) in [6.45, 7) is 1.41. The Morgan fingerprint density at radius 3 is 2.67 bits per heavy atom. The Bertz CT molecular complexity index is 556. The smallest absolute Gasteiger partial charge is 0.0806 e. The molecule has 2 rings (SSSR count). The van der Waals surface area contributed by atoms with E-state index in [1.807, 2.05) is 6.07 Å². The second kappa shape index (κ2) is 5.10. The molecule has 5 heteroatoms. The molecular formula is C13H15ClN2O2. The number of rotatable bonds is 4. The highest BCUT2D eigenvalue weighted by molar-refractivity contribution is 6.31. The number of hydrogen-bond acceptors (Lipinski definition) is 4. The molecule has 0 fully saturated rings. The van der Waals surface area contributed by atoms with Crippen LogP contribution in [0.5, 0.6) is 0 Å². The molecule has 0 amide bonds. The number of fused-ring (bicyclic) bond motifs is 1. The first-order chi connectivity index (χ1) is 8.58. The number of anilines is 1. The van der Waals surface area contributed by atoms with Crippen LogP contribution in [-0.4, -0.2) is 33.9 Å². The minimum Gasteiger partial charge on any atom is -0.394 e. The van der Waals surface area contributed by atoms with Crippen LogP contribution in [0.25, 0.3) is 10.9 Å². The third-order valence-electron chi connectivity index (χ3n) is 2.84. The Labute approximate surface area is 110 Å². The molecule has 0 bridgehead atoms. The third-order valence-corrected chi connectivity index (χ3v) is 3.07. The Morgan fingerprint density at radius 1 is 1.28 bits per heavy atom. The first-order valence-corrected chi connectivity index (χ1v) is 6.00. The molecule has 1 aromatic heterocycles. The van der Waals surface area contributed by atoms with E-state index in [9.17, 15) is 10.2 Å². The summed E-state index contributed by atoms with van der Waals surface area (Å²) < 4.78 is 0. The minimum atomic E-state index is -0.770. The molecule has 96 valence electrons. The van der Waals surface area contributed by atoms with Gasteiger partial charge in [0.25, 0.3) is 0 Å². The molecule has 0 atom stereocenters. The van der Waals surface area contributed by atoms with Gasteiger partial charge in [-0.15, -0.1) is 0 Å². The van der Waals surface area contributed by atoms with E-state index in [1.165, 1.54) is 0 Å². The first kappa shape index (κ1) is 13.1. The van der Waals surface area contributed by atoms with Crippen molar-refractivity contribution in [2.24, 2.45) is 0 Å². The van der Waals surface area contributed by atoms with Crippen LogP contribution in [0.1, 0.15) is 6.92 Å². The minimum absolute atomic E-state index is 0.166. The predicted molar refractivity (Wildman–Crippen MR) is 73.0 cm³/mol. The van der Waals surface area contributed by atoms with Crippen molar-refractivity contribution in [3.63, 3.8) is 0 Å². The quantitative estimate of drug-likeness (QED) is 0.792. The van der Waals surface area contributed by atoms with Gasteiger partial charge in [-0.3, -0.25) is 4.98 Å². The zero-order valence-corrected chi connectivity index (χ0v) is 10.8. The van der Waals surface area contributed by atoms with Crippen molar-refractivity contribution in [3.8, 4) is 0 Å². The van der Waals surface area contributed by atoms with Gasteiger partial charge < -0.3 is 15.5 Å². The molecule has 0 aliphatic carbocycles. The van der Waals surface area contributed by atoms with Crippen LogP contribution < -0.4 is 5.32 Å². The second-order valence-electron chi connectivity index (χ2n) is 4.52. The zero-order valence-electron chi connectivity index (χ0n) is 10.0. The van der Waals surface area contributed by atoms with Crippen LogP contribution in [-0.2, 0) is 0 Å². The number of halogens is 1. The molecule has 0 saturated heterocycles. The van der Waals surface area contributed by atoms with Gasteiger partial charge in [0.05, 0.1) is 24.3 Å². The summed E-state index contributed by atoms with van der Waals surface area (Å²) >= 11 is 5.92. The van der Waals surface area contributed by atoms with Crippen molar-refractivity contribution in [2.45, 2.75) is 12.5 Å². The van der Waals surface area contributed by atoms with E-state index < -0.39 is 5.54 Å². The molecule has 4 nitrogen and oxygen atoms in total. The number of aliphatic hydroxyl groups is 2. The van der Waals surface area contributed by atoms with E-state index in [0.29, 0.717) is 5.02 Å². The fourth-order valence-corrected chi connectivity index (χ4v) is 1.85. The highest BCUT2D eigenvalue weighted by Gasteiger charge is 2.22. The number of pyridine rings is 1. The molecule has 1 heterocycles. The second-order valence-corrected chi connectivity index (χ2v) is 4.96. The summed E-state index contributed by atoms with van der Waals surface area (Å²) in [6, 6.07) is 7.23. The number of aliphatic hydroxyl groups excluding tert-OH is 2. The Balaban J connectivity index is 2.45. The summed E-state index contributed by atoms with van der Waals surface area (Å²) in [6.07, 6.45) is 1.66. The maximum absolute atomic E-state index is 9.30. The zero-order chi connectivity index (χ0) is 13.2. The molecule has 0 saturated carbocycles. The largest absolute Gasteiger partial charge is 0.394 e. The summed E-state index contributed by atoms with van der Waals surface area (Å²) in [7, 11) is 0. The fraction of sp³-hybridized carbons (Fsp3) is 0.308. The van der Waals surface area contributed by atoms with Gasteiger partial charge in [0.15, 0.2) is 0 Å². The molecule has 0 aliphatic rings. The maximum atomic E-state index is 9.30. The standard InChI is InChI=1S/C13H15ClN2O2/c1-13(7-17,8-18)16-11-4-5-15-12-6-9(14)2-3-10(11)12/h2-6,17-18H,7-8H2,1H3,(H,15,16). The van der Waals surface area contributed by atoms with E-state index in [-0.39, 0.29) is 13.2 Å². The van der Waals surface area contributed by atoms with Gasteiger partial charge in [-0.1, -0.05) is 11.6 Å². The predicted octanol–water partition coefficient (Wildman–Crippen LogP) is 2.04. The maximum Gasteiger partial charge on any atom is 0.0806 e. The molecule has 0 unspecified atom stereocenters. The number of aromatic nitrogens is 1. The molecule has 0 spiro atoms. The van der Waals surface area contributed by atoms with Gasteiger partial charge >= 0.3 is 0 Å². The Morgan fingerprint density at radius 2 is 2.00 bits per heavy atom. The van der Waals surface area contributed by atoms with Crippen molar-refractivity contribution in [3.05, 3.63) is 35.5 Å². The summed E-state index contributed by atoms with van der Waals surface area (Å²) in [5, 5.41) is 23.3. The number of hydrogen-bond donors (Lipinski definition) is 3. The van der Waals surface area contributed by atoms with E-state index in [2.05, 4.69) is 10.3 Å². The van der Waals surface area contributed by atoms with Crippen molar-refractivity contribution in [2.75, 3.05) is 18.5 Å². The normalized spacial score (nSPS) is 11.8. The van der Waals surface area contributed by atoms with E-state index in [0.717, 1.165) is 16.6 Å². The molecular weight excluding hydrogens is 252 g/mol. The summed E-state index contributed by atoms with van der Waals surface area (Å²) in [5.74, 6) is 0.